The van der Waals surface area contributed by atoms with E-state index in [0.717, 1.165) is 24.2 Å². The molecule has 1 aromatic heterocycles. The molecule has 10 heteroatoms. The second-order valence-electron chi connectivity index (χ2n) is 10.5. The van der Waals surface area contributed by atoms with Crippen LogP contribution in [0.5, 0.6) is 0 Å². The lowest BCUT2D eigenvalue weighted by atomic mass is 9.98. The number of halogens is 2. The van der Waals surface area contributed by atoms with Gasteiger partial charge in [-0.05, 0) is 48.7 Å². The van der Waals surface area contributed by atoms with Gasteiger partial charge in [-0.15, -0.1) is 0 Å². The Morgan fingerprint density at radius 3 is 2.80 bits per heavy atom. The van der Waals surface area contributed by atoms with Crippen molar-refractivity contribution in [2.45, 2.75) is 38.0 Å². The Balaban J connectivity index is 1.20. The Kier molecular flexibility index (Phi) is 8.68. The maximum absolute atomic E-state index is 14.4. The predicted molar refractivity (Wildman–Crippen MR) is 150 cm³/mol. The topological polar surface area (TPSA) is 101 Å². The van der Waals surface area contributed by atoms with Crippen molar-refractivity contribution in [1.82, 2.24) is 20.5 Å². The Bertz CT molecular complexity index is 1470. The van der Waals surface area contributed by atoms with Gasteiger partial charge in [0, 0.05) is 24.3 Å². The summed E-state index contributed by atoms with van der Waals surface area (Å²) in [5.74, 6) is -1.69. The number of amides is 3. The number of alkyl halides is 1. The number of rotatable bonds is 8. The van der Waals surface area contributed by atoms with Gasteiger partial charge in [0.05, 0.1) is 31.3 Å². The van der Waals surface area contributed by atoms with Gasteiger partial charge in [-0.25, -0.2) is 13.8 Å². The maximum atomic E-state index is 14.4. The third-order valence-corrected chi connectivity index (χ3v) is 7.49. The van der Waals surface area contributed by atoms with E-state index in [4.69, 9.17) is 4.74 Å². The lowest BCUT2D eigenvalue weighted by molar-refractivity contribution is -0.138. The summed E-state index contributed by atoms with van der Waals surface area (Å²) in [6, 6.07) is 13.3. The van der Waals surface area contributed by atoms with Crippen LogP contribution in [-0.4, -0.2) is 66.1 Å². The Labute approximate surface area is 236 Å². The molecule has 2 saturated heterocycles. The summed E-state index contributed by atoms with van der Waals surface area (Å²) >= 11 is 0. The summed E-state index contributed by atoms with van der Waals surface area (Å²) in [5.41, 5.74) is 2.35. The summed E-state index contributed by atoms with van der Waals surface area (Å²) in [6.45, 7) is 2.64. The van der Waals surface area contributed by atoms with Crippen molar-refractivity contribution in [2.24, 2.45) is 5.92 Å². The summed E-state index contributed by atoms with van der Waals surface area (Å²) in [5, 5.41) is 5.98. The van der Waals surface area contributed by atoms with Crippen molar-refractivity contribution in [3.63, 3.8) is 0 Å². The van der Waals surface area contributed by atoms with E-state index in [0.29, 0.717) is 23.4 Å². The van der Waals surface area contributed by atoms with Crippen molar-refractivity contribution in [2.75, 3.05) is 26.3 Å². The van der Waals surface area contributed by atoms with E-state index < -0.39 is 42.3 Å². The van der Waals surface area contributed by atoms with Gasteiger partial charge >= 0.3 is 0 Å². The van der Waals surface area contributed by atoms with Crippen molar-refractivity contribution >= 4 is 34.7 Å². The zero-order chi connectivity index (χ0) is 28.9. The third-order valence-electron chi connectivity index (χ3n) is 7.49. The molecule has 5 rings (SSSR count). The molecular formula is C31H32F2N4O4. The standard InChI is InChI=1S/C31H32F2N4O4/c1-19(25-5-3-2-4-21(25)7-6-20-12-13-41-18-20)35-31(40)28-15-24(33)17-37(28)29(38)16-34-30(39)27-10-8-22-14-23(32)9-11-26(22)36-27/h2-11,14,19-20,24,28H,12-13,15-18H2,1H3,(H,34,39)(H,35,40)/b7-6+/t19-,20+,24+,28-/m0/s1. The molecule has 2 aliphatic heterocycles. The first-order valence-corrected chi connectivity index (χ1v) is 13.7. The van der Waals surface area contributed by atoms with Crippen LogP contribution in [0.2, 0.25) is 0 Å². The minimum absolute atomic E-state index is 0.0537. The van der Waals surface area contributed by atoms with Crippen LogP contribution in [0, 0.1) is 11.7 Å². The van der Waals surface area contributed by atoms with Crippen LogP contribution in [-0.2, 0) is 14.3 Å². The van der Waals surface area contributed by atoms with Crippen LogP contribution >= 0.6 is 0 Å². The number of hydrogen-bond acceptors (Lipinski definition) is 5. The molecule has 3 heterocycles. The van der Waals surface area contributed by atoms with Gasteiger partial charge in [0.15, 0.2) is 0 Å². The van der Waals surface area contributed by atoms with Gasteiger partial charge in [0.2, 0.25) is 11.8 Å². The van der Waals surface area contributed by atoms with E-state index in [2.05, 4.69) is 21.7 Å². The highest BCUT2D eigenvalue weighted by molar-refractivity contribution is 5.97. The van der Waals surface area contributed by atoms with Crippen molar-refractivity contribution in [3.8, 4) is 0 Å². The number of nitrogens with one attached hydrogen (secondary N) is 2. The van der Waals surface area contributed by atoms with Crippen LogP contribution in [0.15, 0.2) is 60.7 Å². The average Bonchev–Trinajstić information content (AvgIpc) is 3.64. The van der Waals surface area contributed by atoms with E-state index >= 15 is 0 Å². The Morgan fingerprint density at radius 2 is 2.00 bits per heavy atom. The van der Waals surface area contributed by atoms with Crippen LogP contribution in [0.4, 0.5) is 8.78 Å². The fraction of sp³-hybridized carbons (Fsp3) is 0.355. The Morgan fingerprint density at radius 1 is 1.17 bits per heavy atom. The van der Waals surface area contributed by atoms with Crippen molar-refractivity contribution in [3.05, 3.63) is 83.3 Å². The fourth-order valence-corrected chi connectivity index (χ4v) is 5.27. The van der Waals surface area contributed by atoms with Gasteiger partial charge < -0.3 is 20.3 Å². The molecule has 0 saturated carbocycles. The van der Waals surface area contributed by atoms with Gasteiger partial charge in [-0.3, -0.25) is 14.4 Å². The summed E-state index contributed by atoms with van der Waals surface area (Å²) in [6.07, 6.45) is 3.65. The molecule has 0 spiro atoms. The quantitative estimate of drug-likeness (QED) is 0.433. The van der Waals surface area contributed by atoms with E-state index in [1.807, 2.05) is 37.3 Å². The Hall–Kier alpha value is -4.18. The molecule has 8 nitrogen and oxygen atoms in total. The lowest BCUT2D eigenvalue weighted by Crippen LogP contribution is -2.49. The molecule has 2 N–H and O–H groups in total. The number of carbonyl (C=O) groups is 3. The summed E-state index contributed by atoms with van der Waals surface area (Å²) < 4.78 is 33.3. The first kappa shape index (κ1) is 28.4. The maximum Gasteiger partial charge on any atom is 0.270 e. The molecule has 0 radical (unpaired) electrons. The van der Waals surface area contributed by atoms with Gasteiger partial charge in [-0.1, -0.05) is 42.5 Å². The number of benzene rings is 2. The van der Waals surface area contributed by atoms with Gasteiger partial charge in [-0.2, -0.15) is 0 Å². The summed E-state index contributed by atoms with van der Waals surface area (Å²) in [7, 11) is 0. The second kappa shape index (κ2) is 12.6. The van der Waals surface area contributed by atoms with E-state index in [1.165, 1.54) is 29.2 Å². The minimum Gasteiger partial charge on any atom is -0.381 e. The van der Waals surface area contributed by atoms with E-state index in [1.54, 1.807) is 6.07 Å². The average molecular weight is 563 g/mol. The number of hydrogen-bond donors (Lipinski definition) is 2. The molecule has 2 aliphatic rings. The van der Waals surface area contributed by atoms with E-state index in [9.17, 15) is 23.2 Å². The highest BCUT2D eigenvalue weighted by atomic mass is 19.1. The normalized spacial score (nSPS) is 21.3. The monoisotopic (exact) mass is 562 g/mol. The summed E-state index contributed by atoms with van der Waals surface area (Å²) in [4.78, 5) is 44.3. The van der Waals surface area contributed by atoms with Crippen LogP contribution in [0.25, 0.3) is 17.0 Å². The molecule has 41 heavy (non-hydrogen) atoms. The molecule has 2 aromatic carbocycles. The number of aromatic nitrogens is 1. The zero-order valence-corrected chi connectivity index (χ0v) is 22.7. The number of fused-ring (bicyclic) bond motifs is 1. The molecule has 2 fully saturated rings. The smallest absolute Gasteiger partial charge is 0.270 e. The molecule has 3 amide bonds. The number of likely N-dealkylation sites (tertiary alicyclic amines) is 1. The predicted octanol–water partition coefficient (Wildman–Crippen LogP) is 3.97. The van der Waals surface area contributed by atoms with Gasteiger partial charge in [0.25, 0.3) is 5.91 Å². The molecule has 3 aromatic rings. The lowest BCUT2D eigenvalue weighted by Gasteiger charge is -2.26. The highest BCUT2D eigenvalue weighted by Gasteiger charge is 2.40. The van der Waals surface area contributed by atoms with Crippen molar-refractivity contribution in [1.29, 1.82) is 0 Å². The minimum atomic E-state index is -1.35. The largest absolute Gasteiger partial charge is 0.381 e. The molecule has 0 aliphatic carbocycles. The number of carbonyl (C=O) groups excluding carboxylic acids is 3. The number of nitrogens with zero attached hydrogens (tertiary/aromatic N) is 2. The number of ether oxygens (including phenoxy) is 1. The highest BCUT2D eigenvalue weighted by Crippen LogP contribution is 2.25. The first-order chi connectivity index (χ1) is 19.8. The number of pyridine rings is 1. The molecule has 4 atom stereocenters. The van der Waals surface area contributed by atoms with Crippen LogP contribution < -0.4 is 10.6 Å². The molecule has 214 valence electrons. The molecule has 0 bridgehead atoms. The van der Waals surface area contributed by atoms with E-state index in [-0.39, 0.29) is 24.7 Å². The fourth-order valence-electron chi connectivity index (χ4n) is 5.27. The second-order valence-corrected chi connectivity index (χ2v) is 10.5. The van der Waals surface area contributed by atoms with Crippen LogP contribution in [0.1, 0.15) is 47.4 Å². The zero-order valence-electron chi connectivity index (χ0n) is 22.7. The SMILES string of the molecule is C[C@H](NC(=O)[C@@H]1C[C@@H](F)CN1C(=O)CNC(=O)c1ccc2cc(F)ccc2n1)c1ccccc1/C=C/[C@@H]1CCOC1. The van der Waals surface area contributed by atoms with Crippen LogP contribution in [0.3, 0.4) is 0 Å². The third kappa shape index (κ3) is 6.77. The molecule has 0 unspecified atom stereocenters. The first-order valence-electron chi connectivity index (χ1n) is 13.7. The van der Waals surface area contributed by atoms with Crippen molar-refractivity contribution < 1.29 is 27.9 Å². The van der Waals surface area contributed by atoms with Gasteiger partial charge in [0.1, 0.15) is 23.7 Å². The molecular weight excluding hydrogens is 530 g/mol.